The Morgan fingerprint density at radius 1 is 1.16 bits per heavy atom. The van der Waals surface area contributed by atoms with E-state index in [1.165, 1.54) is 0 Å². The van der Waals surface area contributed by atoms with Crippen molar-refractivity contribution >= 4 is 0 Å². The van der Waals surface area contributed by atoms with Crippen LogP contribution >= 0.6 is 0 Å². The van der Waals surface area contributed by atoms with E-state index in [1.54, 1.807) is 7.11 Å². The van der Waals surface area contributed by atoms with Gasteiger partial charge in [0.2, 0.25) is 0 Å². The molecule has 132 valence electrons. The zero-order valence-electron chi connectivity index (χ0n) is 14.7. The Morgan fingerprint density at radius 3 is 2.92 bits per heavy atom. The molecule has 2 heterocycles. The van der Waals surface area contributed by atoms with Crippen LogP contribution in [0.25, 0.3) is 11.4 Å². The summed E-state index contributed by atoms with van der Waals surface area (Å²) in [5.74, 6) is 1.71. The molecule has 25 heavy (non-hydrogen) atoms. The molecule has 0 spiro atoms. The van der Waals surface area contributed by atoms with E-state index < -0.39 is 0 Å². The highest BCUT2D eigenvalue weighted by Gasteiger charge is 2.12. The minimum Gasteiger partial charge on any atom is -0.491 e. The molecule has 2 aromatic heterocycles. The number of H-pyrrole nitrogens is 2. The molecule has 1 aromatic carbocycles. The van der Waals surface area contributed by atoms with Crippen LogP contribution in [-0.4, -0.2) is 40.5 Å². The first-order chi connectivity index (χ1) is 12.3. The molecule has 0 bridgehead atoms. The Balaban J connectivity index is 1.73. The van der Waals surface area contributed by atoms with Crippen LogP contribution in [-0.2, 0) is 17.6 Å². The number of aromatic nitrogens is 4. The molecule has 6 nitrogen and oxygen atoms in total. The average molecular weight is 340 g/mol. The maximum absolute atomic E-state index is 5.68. The zero-order valence-corrected chi connectivity index (χ0v) is 14.7. The summed E-state index contributed by atoms with van der Waals surface area (Å²) in [6.07, 6.45) is 6.56. The molecule has 2 N–H and O–H groups in total. The van der Waals surface area contributed by atoms with Gasteiger partial charge in [0.25, 0.3) is 0 Å². The summed E-state index contributed by atoms with van der Waals surface area (Å²) in [6.45, 7) is 3.28. The summed E-state index contributed by atoms with van der Waals surface area (Å²) >= 11 is 0. The van der Waals surface area contributed by atoms with Crippen molar-refractivity contribution in [1.29, 1.82) is 0 Å². The first-order valence-corrected chi connectivity index (χ1v) is 8.57. The minimum absolute atomic E-state index is 0.544. The van der Waals surface area contributed by atoms with Gasteiger partial charge < -0.3 is 14.5 Å². The molecule has 0 radical (unpaired) electrons. The molecule has 0 unspecified atom stereocenters. The number of ether oxygens (including phenoxy) is 2. The fourth-order valence-electron chi connectivity index (χ4n) is 2.74. The van der Waals surface area contributed by atoms with E-state index in [9.17, 15) is 0 Å². The third-order valence-electron chi connectivity index (χ3n) is 3.96. The minimum atomic E-state index is 0.544. The number of methoxy groups -OCH3 is 1. The van der Waals surface area contributed by atoms with Crippen molar-refractivity contribution in [3.63, 3.8) is 0 Å². The summed E-state index contributed by atoms with van der Waals surface area (Å²) in [4.78, 5) is 7.87. The van der Waals surface area contributed by atoms with Gasteiger partial charge in [-0.15, -0.1) is 0 Å². The Morgan fingerprint density at radius 2 is 2.08 bits per heavy atom. The molecule has 0 saturated carbocycles. The van der Waals surface area contributed by atoms with Crippen LogP contribution in [0, 0.1) is 0 Å². The molecule has 0 atom stereocenters. The SMILES string of the molecule is CCCc1cnc(-c2cn[nH]c2Cc2cccc(OCCOC)c2)[nH]1. The molecule has 6 heteroatoms. The first kappa shape index (κ1) is 17.2. The number of benzene rings is 1. The number of imidazole rings is 1. The highest BCUT2D eigenvalue weighted by atomic mass is 16.5. The van der Waals surface area contributed by atoms with Crippen molar-refractivity contribution < 1.29 is 9.47 Å². The van der Waals surface area contributed by atoms with Crippen molar-refractivity contribution in [2.45, 2.75) is 26.2 Å². The topological polar surface area (TPSA) is 75.8 Å². The average Bonchev–Trinajstić information content (AvgIpc) is 3.25. The molecular weight excluding hydrogens is 316 g/mol. The first-order valence-electron chi connectivity index (χ1n) is 8.57. The smallest absolute Gasteiger partial charge is 0.140 e. The van der Waals surface area contributed by atoms with Crippen molar-refractivity contribution in [3.05, 3.63) is 53.6 Å². The molecule has 3 rings (SSSR count). The van der Waals surface area contributed by atoms with Crippen molar-refractivity contribution in [2.24, 2.45) is 0 Å². The van der Waals surface area contributed by atoms with E-state index in [2.05, 4.69) is 33.2 Å². The number of rotatable bonds is 9. The number of aromatic amines is 2. The van der Waals surface area contributed by atoms with Crippen molar-refractivity contribution in [1.82, 2.24) is 20.2 Å². The van der Waals surface area contributed by atoms with Gasteiger partial charge in [0.05, 0.1) is 24.1 Å². The van der Waals surface area contributed by atoms with Crippen LogP contribution in [0.15, 0.2) is 36.7 Å². The highest BCUT2D eigenvalue weighted by Crippen LogP contribution is 2.23. The van der Waals surface area contributed by atoms with Crippen LogP contribution in [0.3, 0.4) is 0 Å². The van der Waals surface area contributed by atoms with Gasteiger partial charge in [0, 0.05) is 25.4 Å². The normalized spacial score (nSPS) is 11.0. The van der Waals surface area contributed by atoms with Crippen LogP contribution in [0.1, 0.15) is 30.3 Å². The number of aryl methyl sites for hydroxylation is 1. The predicted molar refractivity (Wildman–Crippen MR) is 96.8 cm³/mol. The van der Waals surface area contributed by atoms with E-state index in [0.29, 0.717) is 13.2 Å². The fraction of sp³-hybridized carbons (Fsp3) is 0.368. The van der Waals surface area contributed by atoms with Crippen molar-refractivity contribution in [2.75, 3.05) is 20.3 Å². The zero-order chi connectivity index (χ0) is 17.5. The van der Waals surface area contributed by atoms with E-state index >= 15 is 0 Å². The Hall–Kier alpha value is -2.60. The molecule has 0 aliphatic carbocycles. The van der Waals surface area contributed by atoms with Gasteiger partial charge in [-0.25, -0.2) is 4.98 Å². The number of hydrogen-bond acceptors (Lipinski definition) is 4. The lowest BCUT2D eigenvalue weighted by molar-refractivity contribution is 0.146. The Labute approximate surface area is 147 Å². The molecule has 3 aromatic rings. The maximum Gasteiger partial charge on any atom is 0.140 e. The molecular formula is C19H24N4O2. The predicted octanol–water partition coefficient (Wildman–Crippen LogP) is 3.37. The molecule has 0 fully saturated rings. The second-order valence-corrected chi connectivity index (χ2v) is 5.93. The molecule has 0 amide bonds. The van der Waals surface area contributed by atoms with Gasteiger partial charge in [-0.3, -0.25) is 5.10 Å². The second-order valence-electron chi connectivity index (χ2n) is 5.93. The third-order valence-corrected chi connectivity index (χ3v) is 3.96. The molecule has 0 saturated heterocycles. The van der Waals surface area contributed by atoms with Crippen LogP contribution in [0.5, 0.6) is 5.75 Å². The maximum atomic E-state index is 5.68. The second kappa shape index (κ2) is 8.48. The summed E-state index contributed by atoms with van der Waals surface area (Å²) in [6, 6.07) is 8.08. The Bertz CT molecular complexity index is 794. The third kappa shape index (κ3) is 4.48. The van der Waals surface area contributed by atoms with E-state index in [0.717, 1.165) is 53.4 Å². The van der Waals surface area contributed by atoms with Crippen LogP contribution in [0.4, 0.5) is 0 Å². The van der Waals surface area contributed by atoms with E-state index in [-0.39, 0.29) is 0 Å². The van der Waals surface area contributed by atoms with Gasteiger partial charge in [-0.2, -0.15) is 5.10 Å². The fourth-order valence-corrected chi connectivity index (χ4v) is 2.74. The summed E-state index contributed by atoms with van der Waals surface area (Å²) in [5.41, 5.74) is 4.35. The van der Waals surface area contributed by atoms with Crippen molar-refractivity contribution in [3.8, 4) is 17.1 Å². The number of nitrogens with one attached hydrogen (secondary N) is 2. The van der Waals surface area contributed by atoms with Gasteiger partial charge >= 0.3 is 0 Å². The molecule has 0 aliphatic heterocycles. The van der Waals surface area contributed by atoms with Gasteiger partial charge in [-0.05, 0) is 24.1 Å². The number of nitrogens with zero attached hydrogens (tertiary/aromatic N) is 2. The van der Waals surface area contributed by atoms with Gasteiger partial charge in [0.1, 0.15) is 18.2 Å². The summed E-state index contributed by atoms with van der Waals surface area (Å²) < 4.78 is 10.7. The monoisotopic (exact) mass is 340 g/mol. The van der Waals surface area contributed by atoms with E-state index in [4.69, 9.17) is 9.47 Å². The largest absolute Gasteiger partial charge is 0.491 e. The quantitative estimate of drug-likeness (QED) is 0.586. The lowest BCUT2D eigenvalue weighted by Crippen LogP contribution is -2.04. The lowest BCUT2D eigenvalue weighted by atomic mass is 10.1. The summed E-state index contributed by atoms with van der Waals surface area (Å²) in [5, 5.41) is 7.30. The highest BCUT2D eigenvalue weighted by molar-refractivity contribution is 5.58. The molecule has 0 aliphatic rings. The standard InChI is InChI=1S/C19H24N4O2/c1-3-5-15-12-20-19(22-15)17-13-21-23-18(17)11-14-6-4-7-16(10-14)25-9-8-24-2/h4,6-7,10,12-13H,3,5,8-9,11H2,1-2H3,(H,20,22)(H,21,23). The van der Waals surface area contributed by atoms with Gasteiger partial charge in [-0.1, -0.05) is 25.5 Å². The lowest BCUT2D eigenvalue weighted by Gasteiger charge is -2.07. The van der Waals surface area contributed by atoms with E-state index in [1.807, 2.05) is 30.6 Å². The Kier molecular flexibility index (Phi) is 5.85. The number of hydrogen-bond donors (Lipinski definition) is 2. The van der Waals surface area contributed by atoms with Gasteiger partial charge in [0.15, 0.2) is 0 Å². The summed E-state index contributed by atoms with van der Waals surface area (Å²) in [7, 11) is 1.67. The van der Waals surface area contributed by atoms with Crippen LogP contribution < -0.4 is 4.74 Å². The van der Waals surface area contributed by atoms with Crippen LogP contribution in [0.2, 0.25) is 0 Å².